The van der Waals surface area contributed by atoms with Crippen molar-refractivity contribution in [1.82, 2.24) is 10.0 Å². The summed E-state index contributed by atoms with van der Waals surface area (Å²) >= 11 is 0. The van der Waals surface area contributed by atoms with Crippen LogP contribution in [0.25, 0.3) is 6.08 Å². The highest BCUT2D eigenvalue weighted by atomic mass is 32.2. The molecule has 0 aliphatic rings. The van der Waals surface area contributed by atoms with Crippen LogP contribution in [0.1, 0.15) is 37.5 Å². The van der Waals surface area contributed by atoms with Gasteiger partial charge in [0.1, 0.15) is 11.4 Å². The van der Waals surface area contributed by atoms with Gasteiger partial charge in [0.2, 0.25) is 10.0 Å². The van der Waals surface area contributed by atoms with E-state index in [0.29, 0.717) is 11.1 Å². The Bertz CT molecular complexity index is 965. The highest BCUT2D eigenvalue weighted by Gasteiger charge is 2.16. The Morgan fingerprint density at radius 1 is 1.07 bits per heavy atom. The molecule has 2 aromatic rings. The van der Waals surface area contributed by atoms with Gasteiger partial charge in [-0.3, -0.25) is 0 Å². The molecule has 2 rings (SSSR count). The molecule has 0 saturated carbocycles. The van der Waals surface area contributed by atoms with Gasteiger partial charge in [0.15, 0.2) is 0 Å². The maximum Gasteiger partial charge on any atom is 0.407 e. The van der Waals surface area contributed by atoms with Gasteiger partial charge >= 0.3 is 6.09 Å². The van der Waals surface area contributed by atoms with Crippen LogP contribution in [0, 0.1) is 5.82 Å². The molecule has 0 aliphatic heterocycles. The smallest absolute Gasteiger partial charge is 0.407 e. The number of alkyl carbamates (subject to hydrolysis) is 1. The zero-order valence-corrected chi connectivity index (χ0v) is 17.4. The zero-order valence-electron chi connectivity index (χ0n) is 16.6. The fraction of sp³-hybridized carbons (Fsp3) is 0.286. The van der Waals surface area contributed by atoms with Crippen LogP contribution in [0.2, 0.25) is 0 Å². The minimum Gasteiger partial charge on any atom is -0.444 e. The van der Waals surface area contributed by atoms with Crippen LogP contribution < -0.4 is 10.0 Å². The molecule has 0 atom stereocenters. The van der Waals surface area contributed by atoms with E-state index in [9.17, 15) is 17.6 Å². The van der Waals surface area contributed by atoms with Crippen molar-refractivity contribution in [3.63, 3.8) is 0 Å². The van der Waals surface area contributed by atoms with Crippen molar-refractivity contribution in [3.05, 3.63) is 76.4 Å². The number of amides is 1. The van der Waals surface area contributed by atoms with Crippen molar-refractivity contribution in [3.8, 4) is 0 Å². The second-order valence-electron chi connectivity index (χ2n) is 7.35. The molecule has 0 radical (unpaired) electrons. The molecular formula is C21H25FN2O4S. The molecule has 156 valence electrons. The molecule has 2 N–H and O–H groups in total. The van der Waals surface area contributed by atoms with Gasteiger partial charge < -0.3 is 10.1 Å². The Morgan fingerprint density at radius 3 is 2.38 bits per heavy atom. The third-order valence-corrected chi connectivity index (χ3v) is 4.74. The summed E-state index contributed by atoms with van der Waals surface area (Å²) in [5, 5.41) is 3.71. The van der Waals surface area contributed by atoms with E-state index < -0.39 is 21.7 Å². The van der Waals surface area contributed by atoms with Crippen LogP contribution in [-0.2, 0) is 27.8 Å². The van der Waals surface area contributed by atoms with Crippen LogP contribution >= 0.6 is 0 Å². The molecule has 29 heavy (non-hydrogen) atoms. The van der Waals surface area contributed by atoms with E-state index in [2.05, 4.69) is 10.0 Å². The predicted molar refractivity (Wildman–Crippen MR) is 111 cm³/mol. The van der Waals surface area contributed by atoms with Crippen molar-refractivity contribution >= 4 is 22.2 Å². The number of ether oxygens (including phenoxy) is 1. The van der Waals surface area contributed by atoms with Crippen LogP contribution in [0.15, 0.2) is 53.9 Å². The molecule has 2 aromatic carbocycles. The highest BCUT2D eigenvalue weighted by molar-refractivity contribution is 7.92. The molecule has 0 saturated heterocycles. The SMILES string of the molecule is CC(C)(C)OC(=O)NCc1ccccc1/C=C/S(=O)(=O)NCc1ccc(F)cc1. The summed E-state index contributed by atoms with van der Waals surface area (Å²) in [6.07, 6.45) is 0.906. The summed E-state index contributed by atoms with van der Waals surface area (Å²) in [4.78, 5) is 11.8. The van der Waals surface area contributed by atoms with Crippen molar-refractivity contribution in [2.24, 2.45) is 0 Å². The molecular weight excluding hydrogens is 395 g/mol. The molecule has 0 aliphatic carbocycles. The van der Waals surface area contributed by atoms with Crippen LogP contribution in [-0.4, -0.2) is 20.1 Å². The molecule has 6 nitrogen and oxygen atoms in total. The fourth-order valence-electron chi connectivity index (χ4n) is 2.34. The van der Waals surface area contributed by atoms with Gasteiger partial charge in [0.05, 0.1) is 0 Å². The molecule has 0 aromatic heterocycles. The van der Waals surface area contributed by atoms with Crippen LogP contribution in [0.3, 0.4) is 0 Å². The molecule has 1 amide bonds. The highest BCUT2D eigenvalue weighted by Crippen LogP contribution is 2.13. The lowest BCUT2D eigenvalue weighted by atomic mass is 10.1. The summed E-state index contributed by atoms with van der Waals surface area (Å²) in [6, 6.07) is 12.7. The van der Waals surface area contributed by atoms with Gasteiger partial charge in [-0.05, 0) is 55.7 Å². The van der Waals surface area contributed by atoms with Crippen LogP contribution in [0.4, 0.5) is 9.18 Å². The van der Waals surface area contributed by atoms with E-state index in [1.165, 1.54) is 30.3 Å². The van der Waals surface area contributed by atoms with Gasteiger partial charge in [-0.2, -0.15) is 0 Å². The number of rotatable bonds is 7. The third kappa shape index (κ3) is 8.45. The van der Waals surface area contributed by atoms with Gasteiger partial charge in [-0.15, -0.1) is 0 Å². The molecule has 0 unspecified atom stereocenters. The lowest BCUT2D eigenvalue weighted by Gasteiger charge is -2.19. The monoisotopic (exact) mass is 420 g/mol. The standard InChI is InChI=1S/C21H25FN2O4S/c1-21(2,3)28-20(25)23-15-18-7-5-4-6-17(18)12-13-29(26,27)24-14-16-8-10-19(22)11-9-16/h4-13,24H,14-15H2,1-3H3,(H,23,25)/b13-12+. The van der Waals surface area contributed by atoms with Gasteiger partial charge in [0.25, 0.3) is 0 Å². The number of carbonyl (C=O) groups is 1. The maximum absolute atomic E-state index is 12.9. The number of hydrogen-bond acceptors (Lipinski definition) is 4. The Balaban J connectivity index is 2.00. The maximum atomic E-state index is 12.9. The van der Waals surface area contributed by atoms with Gasteiger partial charge in [-0.1, -0.05) is 36.4 Å². The number of sulfonamides is 1. The normalized spacial score (nSPS) is 12.1. The number of halogens is 1. The third-order valence-electron chi connectivity index (χ3n) is 3.69. The average Bonchev–Trinajstić information content (AvgIpc) is 2.64. The van der Waals surface area contributed by atoms with E-state index in [4.69, 9.17) is 4.74 Å². The second kappa shape index (κ2) is 9.67. The van der Waals surface area contributed by atoms with E-state index in [-0.39, 0.29) is 18.9 Å². The van der Waals surface area contributed by atoms with Crippen molar-refractivity contribution in [2.45, 2.75) is 39.5 Å². The molecule has 0 fully saturated rings. The van der Waals surface area contributed by atoms with Crippen LogP contribution in [0.5, 0.6) is 0 Å². The Kier molecular flexibility index (Phi) is 7.53. The quantitative estimate of drug-likeness (QED) is 0.711. The topological polar surface area (TPSA) is 84.5 Å². The number of carbonyl (C=O) groups excluding carboxylic acids is 1. The minimum atomic E-state index is -3.70. The van der Waals surface area contributed by atoms with E-state index in [0.717, 1.165) is 11.0 Å². The lowest BCUT2D eigenvalue weighted by molar-refractivity contribution is 0.0523. The Morgan fingerprint density at radius 2 is 1.72 bits per heavy atom. The minimum absolute atomic E-state index is 0.0504. The zero-order chi connectivity index (χ0) is 21.5. The van der Waals surface area contributed by atoms with Gasteiger partial charge in [0, 0.05) is 18.5 Å². The molecule has 0 spiro atoms. The average molecular weight is 421 g/mol. The lowest BCUT2D eigenvalue weighted by Crippen LogP contribution is -2.32. The van der Waals surface area contributed by atoms with Crippen molar-refractivity contribution < 1.29 is 22.3 Å². The number of hydrogen-bond donors (Lipinski definition) is 2. The first-order valence-electron chi connectivity index (χ1n) is 9.01. The molecule has 8 heteroatoms. The summed E-state index contributed by atoms with van der Waals surface area (Å²) in [6.45, 7) is 5.56. The first-order chi connectivity index (χ1) is 13.5. The first kappa shape index (κ1) is 22.6. The molecule has 0 bridgehead atoms. The predicted octanol–water partition coefficient (Wildman–Crippen LogP) is 3.94. The number of nitrogens with one attached hydrogen (secondary N) is 2. The Hall–Kier alpha value is -2.71. The fourth-order valence-corrected chi connectivity index (χ4v) is 3.13. The second-order valence-corrected chi connectivity index (χ2v) is 9.00. The first-order valence-corrected chi connectivity index (χ1v) is 10.6. The van der Waals surface area contributed by atoms with E-state index in [1.54, 1.807) is 45.0 Å². The summed E-state index contributed by atoms with van der Waals surface area (Å²) in [7, 11) is -3.70. The molecule has 0 heterocycles. The summed E-state index contributed by atoms with van der Waals surface area (Å²) in [5.41, 5.74) is 1.43. The summed E-state index contributed by atoms with van der Waals surface area (Å²) < 4.78 is 45.0. The van der Waals surface area contributed by atoms with E-state index in [1.807, 2.05) is 0 Å². The van der Waals surface area contributed by atoms with Gasteiger partial charge in [-0.25, -0.2) is 22.3 Å². The summed E-state index contributed by atoms with van der Waals surface area (Å²) in [5.74, 6) is -0.381. The number of benzene rings is 2. The van der Waals surface area contributed by atoms with Crippen molar-refractivity contribution in [1.29, 1.82) is 0 Å². The van der Waals surface area contributed by atoms with E-state index >= 15 is 0 Å². The largest absolute Gasteiger partial charge is 0.444 e. The Labute approximate surface area is 170 Å². The van der Waals surface area contributed by atoms with Crippen molar-refractivity contribution in [2.75, 3.05) is 0 Å².